The third-order valence-electron chi connectivity index (χ3n) is 3.92. The van der Waals surface area contributed by atoms with Gasteiger partial charge in [-0.1, -0.05) is 29.3 Å². The Balaban J connectivity index is 2.15. The summed E-state index contributed by atoms with van der Waals surface area (Å²) < 4.78 is 23.0. The Hall–Kier alpha value is -0.780. The van der Waals surface area contributed by atoms with E-state index in [4.69, 9.17) is 23.2 Å². The molecule has 1 fully saturated rings. The first-order valence-electron chi connectivity index (χ1n) is 6.63. The van der Waals surface area contributed by atoms with Gasteiger partial charge in [0.1, 0.15) is 0 Å². The smallest absolute Gasteiger partial charge is 0.226 e. The number of halogens is 2. The van der Waals surface area contributed by atoms with Crippen LogP contribution in [0.15, 0.2) is 18.2 Å². The van der Waals surface area contributed by atoms with Crippen molar-refractivity contribution < 1.29 is 13.2 Å². The fourth-order valence-corrected chi connectivity index (χ4v) is 4.82. The van der Waals surface area contributed by atoms with E-state index in [1.807, 2.05) is 6.92 Å². The highest BCUT2D eigenvalue weighted by atomic mass is 35.5. The number of sulfone groups is 1. The first-order valence-corrected chi connectivity index (χ1v) is 9.21. The first-order chi connectivity index (χ1) is 9.71. The molecule has 0 unspecified atom stereocenters. The molecule has 1 heterocycles. The summed E-state index contributed by atoms with van der Waals surface area (Å²) in [6.45, 7) is 1.86. The van der Waals surface area contributed by atoms with Gasteiger partial charge in [-0.05, 0) is 31.0 Å². The van der Waals surface area contributed by atoms with Gasteiger partial charge in [-0.15, -0.1) is 0 Å². The van der Waals surface area contributed by atoms with Crippen molar-refractivity contribution in [3.8, 4) is 0 Å². The number of hydrogen-bond acceptors (Lipinski definition) is 3. The van der Waals surface area contributed by atoms with E-state index < -0.39 is 15.8 Å². The lowest BCUT2D eigenvalue weighted by Crippen LogP contribution is -2.35. The van der Waals surface area contributed by atoms with Crippen LogP contribution in [0.1, 0.15) is 24.9 Å². The molecule has 7 heteroatoms. The molecule has 0 aliphatic carbocycles. The van der Waals surface area contributed by atoms with E-state index >= 15 is 0 Å². The van der Waals surface area contributed by atoms with E-state index in [1.165, 1.54) is 0 Å². The van der Waals surface area contributed by atoms with Crippen LogP contribution in [0.2, 0.25) is 10.0 Å². The third kappa shape index (κ3) is 3.71. The van der Waals surface area contributed by atoms with Gasteiger partial charge in [-0.2, -0.15) is 0 Å². The highest BCUT2D eigenvalue weighted by Gasteiger charge is 2.35. The van der Waals surface area contributed by atoms with Crippen molar-refractivity contribution in [2.75, 3.05) is 18.6 Å². The van der Waals surface area contributed by atoms with Crippen LogP contribution in [0, 0.1) is 5.92 Å². The lowest BCUT2D eigenvalue weighted by molar-refractivity contribution is -0.135. The van der Waals surface area contributed by atoms with Gasteiger partial charge in [-0.3, -0.25) is 4.79 Å². The fraction of sp³-hybridized carbons (Fsp3) is 0.500. The van der Waals surface area contributed by atoms with Crippen LogP contribution in [0.3, 0.4) is 0 Å². The summed E-state index contributed by atoms with van der Waals surface area (Å²) in [6.07, 6.45) is 0.395. The highest BCUT2D eigenvalue weighted by molar-refractivity contribution is 7.91. The van der Waals surface area contributed by atoms with E-state index in [2.05, 4.69) is 0 Å². The number of nitrogens with zero attached hydrogens (tertiary/aromatic N) is 1. The van der Waals surface area contributed by atoms with Gasteiger partial charge in [0.25, 0.3) is 0 Å². The first kappa shape index (κ1) is 16.6. The van der Waals surface area contributed by atoms with Gasteiger partial charge >= 0.3 is 0 Å². The standard InChI is InChI=1S/C14H17Cl2NO3S/c1-9(12-4-3-11(15)7-13(12)16)17(2)14(18)10-5-6-21(19,20)8-10/h3-4,7,9-10H,5-6,8H2,1-2H3/t9-,10-/m1/s1. The second-order valence-electron chi connectivity index (χ2n) is 5.39. The summed E-state index contributed by atoms with van der Waals surface area (Å²) in [6, 6.07) is 4.89. The monoisotopic (exact) mass is 349 g/mol. The van der Waals surface area contributed by atoms with Crippen molar-refractivity contribution in [1.82, 2.24) is 4.90 Å². The molecule has 0 saturated carbocycles. The van der Waals surface area contributed by atoms with Crippen molar-refractivity contribution in [3.05, 3.63) is 33.8 Å². The Morgan fingerprint density at radius 3 is 2.57 bits per heavy atom. The van der Waals surface area contributed by atoms with E-state index in [9.17, 15) is 13.2 Å². The molecule has 0 N–H and O–H groups in total. The van der Waals surface area contributed by atoms with Gasteiger partial charge in [0, 0.05) is 17.1 Å². The molecule has 1 aliphatic rings. The Bertz CT molecular complexity index is 660. The molecule has 0 bridgehead atoms. The third-order valence-corrected chi connectivity index (χ3v) is 6.25. The summed E-state index contributed by atoms with van der Waals surface area (Å²) >= 11 is 12.0. The SMILES string of the molecule is C[C@H](c1ccc(Cl)cc1Cl)N(C)C(=O)[C@@H]1CCS(=O)(=O)C1. The number of carbonyl (C=O) groups excluding carboxylic acids is 1. The number of amides is 1. The Morgan fingerprint density at radius 2 is 2.05 bits per heavy atom. The topological polar surface area (TPSA) is 54.5 Å². The Labute approximate surface area is 134 Å². The fourth-order valence-electron chi connectivity index (χ4n) is 2.52. The zero-order valence-electron chi connectivity index (χ0n) is 11.8. The molecule has 21 heavy (non-hydrogen) atoms. The van der Waals surface area contributed by atoms with Crippen molar-refractivity contribution in [1.29, 1.82) is 0 Å². The van der Waals surface area contributed by atoms with Crippen LogP contribution >= 0.6 is 23.2 Å². The van der Waals surface area contributed by atoms with Crippen molar-refractivity contribution in [2.45, 2.75) is 19.4 Å². The second kappa shape index (κ2) is 6.15. The maximum atomic E-state index is 12.4. The maximum Gasteiger partial charge on any atom is 0.226 e. The second-order valence-corrected chi connectivity index (χ2v) is 8.46. The molecule has 116 valence electrons. The lowest BCUT2D eigenvalue weighted by Gasteiger charge is -2.28. The van der Waals surface area contributed by atoms with E-state index in [0.717, 1.165) is 5.56 Å². The average Bonchev–Trinajstić information content (AvgIpc) is 2.76. The zero-order chi connectivity index (χ0) is 15.8. The summed E-state index contributed by atoms with van der Waals surface area (Å²) in [7, 11) is -1.40. The minimum Gasteiger partial charge on any atom is -0.339 e. The van der Waals surface area contributed by atoms with Gasteiger partial charge in [0.2, 0.25) is 5.91 Å². The largest absolute Gasteiger partial charge is 0.339 e. The molecule has 0 aromatic heterocycles. The summed E-state index contributed by atoms with van der Waals surface area (Å²) in [5, 5.41) is 1.03. The van der Waals surface area contributed by atoms with Crippen LogP contribution in [-0.4, -0.2) is 37.8 Å². The molecule has 1 saturated heterocycles. The highest BCUT2D eigenvalue weighted by Crippen LogP contribution is 2.31. The molecule has 1 aliphatic heterocycles. The Kier molecular flexibility index (Phi) is 4.85. The van der Waals surface area contributed by atoms with Gasteiger partial charge < -0.3 is 4.90 Å². The predicted molar refractivity (Wildman–Crippen MR) is 84.4 cm³/mol. The molecular weight excluding hydrogens is 333 g/mol. The molecule has 1 aromatic carbocycles. The van der Waals surface area contributed by atoms with Crippen LogP contribution in [0.25, 0.3) is 0 Å². The molecule has 4 nitrogen and oxygen atoms in total. The van der Waals surface area contributed by atoms with Crippen molar-refractivity contribution in [3.63, 3.8) is 0 Å². The quantitative estimate of drug-likeness (QED) is 0.842. The van der Waals surface area contributed by atoms with Crippen LogP contribution in [0.5, 0.6) is 0 Å². The number of carbonyl (C=O) groups is 1. The molecule has 2 rings (SSSR count). The Morgan fingerprint density at radius 1 is 1.38 bits per heavy atom. The summed E-state index contributed by atoms with van der Waals surface area (Å²) in [5.74, 6) is -0.576. The molecular formula is C14H17Cl2NO3S. The van der Waals surface area contributed by atoms with E-state index in [0.29, 0.717) is 16.5 Å². The summed E-state index contributed by atoms with van der Waals surface area (Å²) in [5.41, 5.74) is 0.790. The number of hydrogen-bond donors (Lipinski definition) is 0. The molecule has 0 radical (unpaired) electrons. The van der Waals surface area contributed by atoms with Crippen LogP contribution < -0.4 is 0 Å². The molecule has 2 atom stereocenters. The van der Waals surface area contributed by atoms with Gasteiger partial charge in [0.05, 0.1) is 23.5 Å². The average molecular weight is 350 g/mol. The number of rotatable bonds is 3. The van der Waals surface area contributed by atoms with Gasteiger partial charge in [-0.25, -0.2) is 8.42 Å². The van der Waals surface area contributed by atoms with Crippen LogP contribution in [-0.2, 0) is 14.6 Å². The number of benzene rings is 1. The van der Waals surface area contributed by atoms with Crippen LogP contribution in [0.4, 0.5) is 0 Å². The normalized spacial score (nSPS) is 22.0. The van der Waals surface area contributed by atoms with E-state index in [1.54, 1.807) is 30.1 Å². The minimum absolute atomic E-state index is 0.0583. The minimum atomic E-state index is -3.07. The lowest BCUT2D eigenvalue weighted by atomic mass is 10.0. The molecule has 1 amide bonds. The molecule has 0 spiro atoms. The van der Waals surface area contributed by atoms with Crippen molar-refractivity contribution >= 4 is 38.9 Å². The van der Waals surface area contributed by atoms with E-state index in [-0.39, 0.29) is 23.5 Å². The predicted octanol–water partition coefficient (Wildman–Crippen LogP) is 2.95. The van der Waals surface area contributed by atoms with Crippen molar-refractivity contribution in [2.24, 2.45) is 5.92 Å². The maximum absolute atomic E-state index is 12.4. The summed E-state index contributed by atoms with van der Waals surface area (Å²) in [4.78, 5) is 14.0. The van der Waals surface area contributed by atoms with Gasteiger partial charge in [0.15, 0.2) is 9.84 Å². The molecule has 1 aromatic rings. The zero-order valence-corrected chi connectivity index (χ0v) is 14.2.